The van der Waals surface area contributed by atoms with Gasteiger partial charge in [-0.05, 0) is 36.6 Å². The molecule has 0 atom stereocenters. The van der Waals surface area contributed by atoms with Crippen molar-refractivity contribution in [1.29, 1.82) is 0 Å². The van der Waals surface area contributed by atoms with E-state index >= 15 is 0 Å². The zero-order valence-corrected chi connectivity index (χ0v) is 13.6. The first-order valence-corrected chi connectivity index (χ1v) is 8.64. The second kappa shape index (κ2) is 5.68. The second-order valence-corrected chi connectivity index (χ2v) is 7.28. The second-order valence-electron chi connectivity index (χ2n) is 4.74. The molecule has 6 nitrogen and oxygen atoms in total. The van der Waals surface area contributed by atoms with Crippen molar-refractivity contribution in [3.63, 3.8) is 0 Å². The first-order chi connectivity index (χ1) is 10.4. The monoisotopic (exact) mass is 368 g/mol. The molecular formula is C12H12ClF3N4O2S. The minimum absolute atomic E-state index is 0.185. The van der Waals surface area contributed by atoms with Gasteiger partial charge in [0.1, 0.15) is 4.90 Å². The zero-order chi connectivity index (χ0) is 17.6. The molecule has 11 heteroatoms. The van der Waals surface area contributed by atoms with E-state index in [9.17, 15) is 21.6 Å². The average molecular weight is 369 g/mol. The van der Waals surface area contributed by atoms with Gasteiger partial charge in [0.15, 0.2) is 0 Å². The molecule has 0 radical (unpaired) electrons. The van der Waals surface area contributed by atoms with Gasteiger partial charge in [-0.1, -0.05) is 6.92 Å². The fraction of sp³-hybridized carbons (Fsp3) is 0.333. The van der Waals surface area contributed by atoms with Crippen molar-refractivity contribution >= 4 is 25.7 Å². The summed E-state index contributed by atoms with van der Waals surface area (Å²) in [5.41, 5.74) is 6.61. The number of aromatic nitrogens is 3. The van der Waals surface area contributed by atoms with Crippen molar-refractivity contribution in [2.45, 2.75) is 31.3 Å². The van der Waals surface area contributed by atoms with E-state index in [0.29, 0.717) is 22.2 Å². The summed E-state index contributed by atoms with van der Waals surface area (Å²) in [5.74, 6) is -2.06. The largest absolute Gasteiger partial charge is 0.453 e. The van der Waals surface area contributed by atoms with Gasteiger partial charge >= 0.3 is 6.18 Å². The Kier molecular flexibility index (Phi) is 4.33. The number of anilines is 1. The van der Waals surface area contributed by atoms with E-state index in [-0.39, 0.29) is 10.6 Å². The topological polar surface area (TPSA) is 90.9 Å². The normalized spacial score (nSPS) is 12.6. The van der Waals surface area contributed by atoms with Gasteiger partial charge in [0.2, 0.25) is 5.95 Å². The number of halogens is 4. The number of aryl methyl sites for hydroxylation is 2. The fourth-order valence-electron chi connectivity index (χ4n) is 2.08. The molecule has 2 N–H and O–H groups in total. The third kappa shape index (κ3) is 3.42. The van der Waals surface area contributed by atoms with Gasteiger partial charge in [-0.3, -0.25) is 0 Å². The predicted octanol–water partition coefficient (Wildman–Crippen LogP) is 2.67. The highest BCUT2D eigenvalue weighted by molar-refractivity contribution is 8.13. The maximum absolute atomic E-state index is 12.7. The number of rotatable bonds is 3. The molecule has 0 amide bonds. The summed E-state index contributed by atoms with van der Waals surface area (Å²) in [6, 6.07) is 2.65. The van der Waals surface area contributed by atoms with Crippen LogP contribution in [-0.4, -0.2) is 23.2 Å². The molecule has 2 rings (SSSR count). The average Bonchev–Trinajstić information content (AvgIpc) is 2.79. The fourth-order valence-corrected chi connectivity index (χ4v) is 3.13. The smallest absolute Gasteiger partial charge is 0.368 e. The Morgan fingerprint density at radius 1 is 1.35 bits per heavy atom. The summed E-state index contributed by atoms with van der Waals surface area (Å²) in [6.45, 7) is 3.49. The van der Waals surface area contributed by atoms with E-state index in [1.54, 1.807) is 13.8 Å². The number of benzene rings is 1. The third-order valence-electron chi connectivity index (χ3n) is 3.18. The van der Waals surface area contributed by atoms with Crippen LogP contribution in [0.2, 0.25) is 0 Å². The minimum Gasteiger partial charge on any atom is -0.368 e. The van der Waals surface area contributed by atoms with Crippen LogP contribution in [0.5, 0.6) is 0 Å². The highest BCUT2D eigenvalue weighted by Crippen LogP contribution is 2.31. The molecule has 0 aliphatic heterocycles. The van der Waals surface area contributed by atoms with Gasteiger partial charge in [0, 0.05) is 10.7 Å². The van der Waals surface area contributed by atoms with Crippen LogP contribution in [0.15, 0.2) is 17.0 Å². The first kappa shape index (κ1) is 17.5. The number of alkyl halides is 3. The summed E-state index contributed by atoms with van der Waals surface area (Å²) >= 11 is 0. The maximum Gasteiger partial charge on any atom is 0.453 e. The number of nitrogens with two attached hydrogens (primary N) is 1. The number of hydrogen-bond donors (Lipinski definition) is 1. The Morgan fingerprint density at radius 2 is 1.96 bits per heavy atom. The lowest BCUT2D eigenvalue weighted by Gasteiger charge is -2.12. The molecule has 0 aliphatic rings. The van der Waals surface area contributed by atoms with Crippen LogP contribution in [0.4, 0.5) is 19.1 Å². The molecule has 0 saturated carbocycles. The molecule has 1 aromatic carbocycles. The quantitative estimate of drug-likeness (QED) is 0.841. The van der Waals surface area contributed by atoms with E-state index in [1.807, 2.05) is 0 Å². The van der Waals surface area contributed by atoms with Crippen molar-refractivity contribution in [3.05, 3.63) is 29.1 Å². The Balaban J connectivity index is 2.78. The molecule has 0 spiro atoms. The molecule has 1 aromatic heterocycles. The third-order valence-corrected chi connectivity index (χ3v) is 4.53. The Bertz CT molecular complexity index is 862. The van der Waals surface area contributed by atoms with Crippen molar-refractivity contribution in [1.82, 2.24) is 14.8 Å². The zero-order valence-electron chi connectivity index (χ0n) is 12.0. The highest BCUT2D eigenvalue weighted by atomic mass is 35.7. The highest BCUT2D eigenvalue weighted by Gasteiger charge is 2.37. The molecular weight excluding hydrogens is 357 g/mol. The van der Waals surface area contributed by atoms with Crippen LogP contribution in [0.3, 0.4) is 0 Å². The van der Waals surface area contributed by atoms with Crippen LogP contribution in [-0.2, 0) is 21.6 Å². The molecule has 23 heavy (non-hydrogen) atoms. The lowest BCUT2D eigenvalue weighted by molar-refractivity contribution is -0.144. The lowest BCUT2D eigenvalue weighted by Crippen LogP contribution is -2.11. The molecule has 2 aromatic rings. The molecule has 1 heterocycles. The van der Waals surface area contributed by atoms with Crippen LogP contribution in [0.25, 0.3) is 5.69 Å². The molecule has 0 bridgehead atoms. The van der Waals surface area contributed by atoms with Crippen molar-refractivity contribution < 1.29 is 21.6 Å². The van der Waals surface area contributed by atoms with E-state index in [1.165, 1.54) is 12.1 Å². The van der Waals surface area contributed by atoms with Crippen molar-refractivity contribution in [3.8, 4) is 5.69 Å². The summed E-state index contributed by atoms with van der Waals surface area (Å²) in [6.07, 6.45) is -4.29. The predicted molar refractivity (Wildman–Crippen MR) is 77.9 cm³/mol. The van der Waals surface area contributed by atoms with Crippen molar-refractivity contribution in [2.24, 2.45) is 0 Å². The van der Waals surface area contributed by atoms with E-state index < -0.39 is 27.0 Å². The van der Waals surface area contributed by atoms with Gasteiger partial charge in [0.25, 0.3) is 14.9 Å². The van der Waals surface area contributed by atoms with Gasteiger partial charge in [-0.2, -0.15) is 22.8 Å². The molecule has 0 aliphatic carbocycles. The van der Waals surface area contributed by atoms with E-state index in [2.05, 4.69) is 10.1 Å². The summed E-state index contributed by atoms with van der Waals surface area (Å²) in [4.78, 5) is 2.74. The maximum atomic E-state index is 12.7. The molecule has 0 unspecified atom stereocenters. The van der Waals surface area contributed by atoms with Gasteiger partial charge in [0.05, 0.1) is 5.69 Å². The van der Waals surface area contributed by atoms with Gasteiger partial charge in [-0.15, -0.1) is 5.10 Å². The Labute approximate surface area is 134 Å². The van der Waals surface area contributed by atoms with Crippen LogP contribution >= 0.6 is 10.7 Å². The first-order valence-electron chi connectivity index (χ1n) is 6.33. The van der Waals surface area contributed by atoms with Crippen LogP contribution in [0, 0.1) is 6.92 Å². The van der Waals surface area contributed by atoms with Crippen molar-refractivity contribution in [2.75, 3.05) is 5.73 Å². The summed E-state index contributed by atoms with van der Waals surface area (Å²) in [5, 5.41) is 3.25. The van der Waals surface area contributed by atoms with Gasteiger partial charge < -0.3 is 5.73 Å². The Morgan fingerprint density at radius 3 is 2.39 bits per heavy atom. The number of nitrogens with zero attached hydrogens (tertiary/aromatic N) is 3. The summed E-state index contributed by atoms with van der Waals surface area (Å²) < 4.78 is 62.2. The molecule has 0 fully saturated rings. The Hall–Kier alpha value is -1.81. The van der Waals surface area contributed by atoms with Crippen LogP contribution < -0.4 is 5.73 Å². The number of hydrogen-bond acceptors (Lipinski definition) is 5. The lowest BCUT2D eigenvalue weighted by atomic mass is 10.1. The van der Waals surface area contributed by atoms with E-state index in [4.69, 9.17) is 16.4 Å². The molecule has 126 valence electrons. The van der Waals surface area contributed by atoms with Crippen LogP contribution in [0.1, 0.15) is 23.9 Å². The SMILES string of the molecule is CCc1cc(S(=O)(=O)Cl)c(-n2nc(C(F)(F)F)nc2N)cc1C. The molecule has 0 saturated heterocycles. The minimum atomic E-state index is -4.81. The van der Waals surface area contributed by atoms with Gasteiger partial charge in [-0.25, -0.2) is 8.42 Å². The van der Waals surface area contributed by atoms with E-state index in [0.717, 1.165) is 0 Å². The standard InChI is InChI=1S/C12H12ClF3N4O2S/c1-3-7-5-9(23(13,21)22)8(4-6(7)2)20-11(17)18-10(19-20)12(14,15)16/h4-5H,3H2,1-2H3,(H2,17,18,19). The summed E-state index contributed by atoms with van der Waals surface area (Å²) in [7, 11) is 1.16. The number of nitrogen functional groups attached to an aromatic ring is 1.